The summed E-state index contributed by atoms with van der Waals surface area (Å²) in [4.78, 5) is 31.8. The Morgan fingerprint density at radius 3 is 3.04 bits per heavy atom. The van der Waals surface area contributed by atoms with Gasteiger partial charge in [-0.3, -0.25) is 23.4 Å². The van der Waals surface area contributed by atoms with Gasteiger partial charge in [-0.25, -0.2) is 9.55 Å². The lowest BCUT2D eigenvalue weighted by molar-refractivity contribution is -0.0189. The minimum atomic E-state index is -4.14. The van der Waals surface area contributed by atoms with Gasteiger partial charge in [0, 0.05) is 13.5 Å². The van der Waals surface area contributed by atoms with Crippen LogP contribution in [0.25, 0.3) is 11.2 Å². The molecule has 1 aliphatic rings. The fourth-order valence-electron chi connectivity index (χ4n) is 2.71. The number of nitrogens with two attached hydrogens (primary N) is 1. The average molecular weight is 359 g/mol. The number of anilines is 1. The number of aromatic nitrogens is 4. The molecule has 0 aromatic carbocycles. The van der Waals surface area contributed by atoms with Gasteiger partial charge < -0.3 is 15.4 Å². The zero-order valence-electron chi connectivity index (χ0n) is 13.1. The van der Waals surface area contributed by atoms with Gasteiger partial charge in [0.1, 0.15) is 6.23 Å². The van der Waals surface area contributed by atoms with Crippen LogP contribution in [0.2, 0.25) is 0 Å². The van der Waals surface area contributed by atoms with Crippen LogP contribution in [-0.4, -0.2) is 43.7 Å². The van der Waals surface area contributed by atoms with Gasteiger partial charge in [-0.1, -0.05) is 6.92 Å². The molecular formula is C12H18N5O6P. The number of rotatable bonds is 5. The molecule has 3 heterocycles. The molecule has 1 aliphatic heterocycles. The second-order valence-electron chi connectivity index (χ2n) is 5.34. The number of nitrogens with zero attached hydrogens (tertiary/aromatic N) is 3. The lowest BCUT2D eigenvalue weighted by Gasteiger charge is -2.18. The van der Waals surface area contributed by atoms with E-state index in [1.165, 1.54) is 6.33 Å². The van der Waals surface area contributed by atoms with Gasteiger partial charge in [0.25, 0.3) is 5.56 Å². The second kappa shape index (κ2) is 6.26. The molecule has 2 aromatic rings. The predicted molar refractivity (Wildman–Crippen MR) is 83.1 cm³/mol. The average Bonchev–Trinajstić information content (AvgIpc) is 3.10. The summed E-state index contributed by atoms with van der Waals surface area (Å²) in [5, 5.41) is 0. The summed E-state index contributed by atoms with van der Waals surface area (Å²) in [5.41, 5.74) is 5.53. The largest absolute Gasteiger partial charge is 0.472 e. The first-order chi connectivity index (χ1) is 11.3. The predicted octanol–water partition coefficient (Wildman–Crippen LogP) is 0.531. The van der Waals surface area contributed by atoms with Crippen LogP contribution in [-0.2, 0) is 18.3 Å². The van der Waals surface area contributed by atoms with Crippen LogP contribution in [0.5, 0.6) is 0 Å². The molecule has 0 spiro atoms. The van der Waals surface area contributed by atoms with E-state index in [9.17, 15) is 14.3 Å². The molecule has 12 heteroatoms. The van der Waals surface area contributed by atoms with Crippen LogP contribution < -0.4 is 11.3 Å². The fourth-order valence-corrected chi connectivity index (χ4v) is 3.36. The standard InChI is InChI=1S/C12H18N5O6P/c1-3-6-7(23-24(19,20)21-2)4-8(22-6)17-5-14-9-10(17)15-12(13)16-11(9)18/h5-8H,3-4H2,1-2H3,(H,19,20)(H3,13,15,16,18)/t6-,7-,8-/m1/s1. The Morgan fingerprint density at radius 2 is 2.38 bits per heavy atom. The van der Waals surface area contributed by atoms with Crippen molar-refractivity contribution < 1.29 is 23.2 Å². The molecule has 0 bridgehead atoms. The highest BCUT2D eigenvalue weighted by Crippen LogP contribution is 2.48. The van der Waals surface area contributed by atoms with E-state index < -0.39 is 31.8 Å². The number of nitrogen functional groups attached to an aromatic ring is 1. The van der Waals surface area contributed by atoms with Crippen LogP contribution in [0.3, 0.4) is 0 Å². The van der Waals surface area contributed by atoms with E-state index in [-0.39, 0.29) is 23.5 Å². The fraction of sp³-hybridized carbons (Fsp3) is 0.583. The van der Waals surface area contributed by atoms with Crippen molar-refractivity contribution in [3.8, 4) is 0 Å². The Morgan fingerprint density at radius 1 is 1.62 bits per heavy atom. The molecule has 0 amide bonds. The summed E-state index contributed by atoms with van der Waals surface area (Å²) in [7, 11) is -3.04. The zero-order chi connectivity index (χ0) is 17.5. The van der Waals surface area contributed by atoms with Crippen molar-refractivity contribution in [2.24, 2.45) is 0 Å². The van der Waals surface area contributed by atoms with Gasteiger partial charge in [0.2, 0.25) is 5.95 Å². The lowest BCUT2D eigenvalue weighted by Crippen LogP contribution is -2.22. The first-order valence-electron chi connectivity index (χ1n) is 7.29. The number of hydrogen-bond acceptors (Lipinski definition) is 8. The number of ether oxygens (including phenoxy) is 1. The third-order valence-corrected chi connectivity index (χ3v) is 4.84. The van der Waals surface area contributed by atoms with Crippen molar-refractivity contribution in [2.75, 3.05) is 12.8 Å². The van der Waals surface area contributed by atoms with Gasteiger partial charge in [0.15, 0.2) is 11.2 Å². The van der Waals surface area contributed by atoms with E-state index in [0.29, 0.717) is 6.42 Å². The van der Waals surface area contributed by atoms with E-state index in [0.717, 1.165) is 7.11 Å². The Hall–Kier alpha value is -1.78. The molecule has 2 aromatic heterocycles. The number of phosphoric ester groups is 1. The summed E-state index contributed by atoms with van der Waals surface area (Å²) >= 11 is 0. The highest BCUT2D eigenvalue weighted by Gasteiger charge is 2.40. The molecule has 132 valence electrons. The molecule has 1 saturated heterocycles. The van der Waals surface area contributed by atoms with Crippen LogP contribution in [0, 0.1) is 0 Å². The van der Waals surface area contributed by atoms with Gasteiger partial charge >= 0.3 is 7.82 Å². The molecule has 1 fully saturated rings. The molecule has 3 rings (SSSR count). The third kappa shape index (κ3) is 3.08. The summed E-state index contributed by atoms with van der Waals surface area (Å²) in [6.07, 6.45) is 0.631. The van der Waals surface area contributed by atoms with Crippen molar-refractivity contribution in [1.29, 1.82) is 0 Å². The van der Waals surface area contributed by atoms with E-state index in [2.05, 4.69) is 19.5 Å². The topological polar surface area (TPSA) is 155 Å². The van der Waals surface area contributed by atoms with Crippen LogP contribution in [0.15, 0.2) is 11.1 Å². The number of H-pyrrole nitrogens is 1. The second-order valence-corrected chi connectivity index (χ2v) is 6.86. The van der Waals surface area contributed by atoms with Crippen molar-refractivity contribution >= 4 is 24.9 Å². The quantitative estimate of drug-likeness (QED) is 0.648. The van der Waals surface area contributed by atoms with E-state index >= 15 is 0 Å². The minimum absolute atomic E-state index is 0.0358. The molecule has 1 unspecified atom stereocenters. The first-order valence-corrected chi connectivity index (χ1v) is 8.79. The summed E-state index contributed by atoms with van der Waals surface area (Å²) in [5.74, 6) is -0.0358. The highest BCUT2D eigenvalue weighted by molar-refractivity contribution is 7.47. The number of imidazole rings is 1. The molecular weight excluding hydrogens is 341 g/mol. The van der Waals surface area contributed by atoms with Crippen molar-refractivity contribution in [3.63, 3.8) is 0 Å². The third-order valence-electron chi connectivity index (χ3n) is 3.84. The molecule has 24 heavy (non-hydrogen) atoms. The van der Waals surface area contributed by atoms with Gasteiger partial charge in [-0.05, 0) is 6.42 Å². The SMILES string of the molecule is CC[C@H]1O[C@@H](n2cnc3c(=O)[nH]c(N)nc32)C[C@H]1OP(=O)(O)OC. The van der Waals surface area contributed by atoms with E-state index in [1.54, 1.807) is 4.57 Å². The molecule has 0 radical (unpaired) electrons. The summed E-state index contributed by atoms with van der Waals surface area (Å²) in [6.45, 7) is 1.87. The van der Waals surface area contributed by atoms with Gasteiger partial charge in [0.05, 0.1) is 18.5 Å². The number of hydrogen-bond donors (Lipinski definition) is 3. The Balaban J connectivity index is 1.91. The Labute approximate surface area is 136 Å². The van der Waals surface area contributed by atoms with E-state index in [1.807, 2.05) is 6.92 Å². The van der Waals surface area contributed by atoms with Crippen LogP contribution in [0.1, 0.15) is 26.0 Å². The maximum absolute atomic E-state index is 11.8. The minimum Gasteiger partial charge on any atom is -0.369 e. The maximum atomic E-state index is 11.8. The van der Waals surface area contributed by atoms with Crippen molar-refractivity contribution in [2.45, 2.75) is 38.2 Å². The van der Waals surface area contributed by atoms with Crippen LogP contribution >= 0.6 is 7.82 Å². The summed E-state index contributed by atoms with van der Waals surface area (Å²) < 4.78 is 28.7. The van der Waals surface area contributed by atoms with E-state index in [4.69, 9.17) is 15.0 Å². The van der Waals surface area contributed by atoms with Crippen molar-refractivity contribution in [3.05, 3.63) is 16.7 Å². The number of fused-ring (bicyclic) bond motifs is 1. The smallest absolute Gasteiger partial charge is 0.369 e. The first kappa shape index (κ1) is 17.1. The molecule has 0 saturated carbocycles. The Kier molecular flexibility index (Phi) is 4.45. The van der Waals surface area contributed by atoms with Crippen LogP contribution in [0.4, 0.5) is 5.95 Å². The summed E-state index contributed by atoms with van der Waals surface area (Å²) in [6, 6.07) is 0. The molecule has 4 atom stereocenters. The van der Waals surface area contributed by atoms with Crippen molar-refractivity contribution in [1.82, 2.24) is 19.5 Å². The highest BCUT2D eigenvalue weighted by atomic mass is 31.2. The lowest BCUT2D eigenvalue weighted by atomic mass is 10.1. The monoisotopic (exact) mass is 359 g/mol. The van der Waals surface area contributed by atoms with Gasteiger partial charge in [-0.2, -0.15) is 4.98 Å². The molecule has 0 aliphatic carbocycles. The number of phosphoric acid groups is 1. The maximum Gasteiger partial charge on any atom is 0.472 e. The normalized spacial score (nSPS) is 26.7. The van der Waals surface area contributed by atoms with Gasteiger partial charge in [-0.15, -0.1) is 0 Å². The molecule has 4 N–H and O–H groups in total. The molecule has 11 nitrogen and oxygen atoms in total. The number of aromatic amines is 1. The number of nitrogens with one attached hydrogen (secondary N) is 1. The zero-order valence-corrected chi connectivity index (χ0v) is 14.0. The Bertz CT molecular complexity index is 850.